The molecule has 37 heavy (non-hydrogen) atoms. The van der Waals surface area contributed by atoms with Crippen LogP contribution in [0.5, 0.6) is 11.5 Å². The number of phenolic OH excluding ortho intramolecular Hbond substituents is 1. The van der Waals surface area contributed by atoms with Crippen molar-refractivity contribution in [1.82, 2.24) is 0 Å². The van der Waals surface area contributed by atoms with E-state index in [0.29, 0.717) is 11.1 Å². The molecule has 194 valence electrons. The molecule has 0 bridgehead atoms. The van der Waals surface area contributed by atoms with Crippen LogP contribution in [0.15, 0.2) is 48.5 Å². The third kappa shape index (κ3) is 21.1. The molecule has 0 aromatic heterocycles. The van der Waals surface area contributed by atoms with Gasteiger partial charge in [0.2, 0.25) is 0 Å². The van der Waals surface area contributed by atoms with E-state index >= 15 is 0 Å². The van der Waals surface area contributed by atoms with Crippen LogP contribution in [0.3, 0.4) is 0 Å². The number of rotatable bonds is 7. The van der Waals surface area contributed by atoms with Crippen LogP contribution in [0.1, 0.15) is 73.5 Å². The SMILES string of the molecule is ICC1CCCC1.O=CO[O-].O=Cc1ccc(O)cc1.O=Cc1ccc(OCC2CCCC2)cc1.[Cs+].[Cs+].[H-]. The van der Waals surface area contributed by atoms with Crippen LogP contribution in [-0.4, -0.2) is 35.2 Å². The van der Waals surface area contributed by atoms with E-state index in [2.05, 4.69) is 27.5 Å². The molecule has 2 aromatic rings. The molecule has 0 atom stereocenters. The Morgan fingerprint density at radius 3 is 1.57 bits per heavy atom. The molecule has 2 aliphatic carbocycles. The van der Waals surface area contributed by atoms with Gasteiger partial charge in [0.15, 0.2) is 0 Å². The van der Waals surface area contributed by atoms with Gasteiger partial charge in [0.25, 0.3) is 6.47 Å². The fraction of sp³-hybridized carbons (Fsp3) is 0.444. The summed E-state index contributed by atoms with van der Waals surface area (Å²) in [7, 11) is 0. The van der Waals surface area contributed by atoms with E-state index in [0.717, 1.165) is 36.8 Å². The fourth-order valence-corrected chi connectivity index (χ4v) is 4.63. The smallest absolute Gasteiger partial charge is 1.00 e. The molecule has 2 saturated carbocycles. The zero-order chi connectivity index (χ0) is 25.7. The summed E-state index contributed by atoms with van der Waals surface area (Å²) in [6, 6.07) is 13.4. The maximum Gasteiger partial charge on any atom is 1.00 e. The number of carbonyl (C=O) groups excluding carboxylic acids is 3. The van der Waals surface area contributed by atoms with Crippen molar-refractivity contribution in [2.75, 3.05) is 11.0 Å². The maximum absolute atomic E-state index is 10.4. The van der Waals surface area contributed by atoms with Crippen LogP contribution in [0, 0.1) is 11.8 Å². The number of ether oxygens (including phenoxy) is 1. The predicted octanol–water partition coefficient (Wildman–Crippen LogP) is -0.560. The predicted molar refractivity (Wildman–Crippen MR) is 142 cm³/mol. The first-order chi connectivity index (χ1) is 17.1. The Labute approximate surface area is 353 Å². The van der Waals surface area contributed by atoms with Crippen LogP contribution < -0.4 is 148 Å². The van der Waals surface area contributed by atoms with E-state index in [1.165, 1.54) is 67.9 Å². The van der Waals surface area contributed by atoms with Gasteiger partial charge in [-0.2, -0.15) is 0 Å². The summed E-state index contributed by atoms with van der Waals surface area (Å²) in [5, 5.41) is 17.2. The second kappa shape index (κ2) is 27.8. The summed E-state index contributed by atoms with van der Waals surface area (Å²) >= 11 is 2.49. The van der Waals surface area contributed by atoms with Crippen LogP contribution in [0.4, 0.5) is 0 Å². The minimum atomic E-state index is -0.181. The molecule has 2 fully saturated rings. The first-order valence-corrected chi connectivity index (χ1v) is 13.3. The van der Waals surface area contributed by atoms with E-state index in [9.17, 15) is 9.59 Å². The standard InChI is InChI=1S/C13H16O2.C7H6O2.C6H11I.CH2O3.2Cs.H/c14-9-11-5-7-13(8-6-11)15-10-12-3-1-2-4-12;8-5-6-1-3-7(9)4-2-6;7-5-6-3-1-2-4-6;2-1-4-3;;;/h5-9,12H,1-4,10H2;1-5,9H;6H,1-5H2;1,3H;;;/q;;;;2*+1;-1/p-1. The molecule has 0 aliphatic heterocycles. The van der Waals surface area contributed by atoms with Crippen molar-refractivity contribution < 1.29 is 174 Å². The van der Waals surface area contributed by atoms with Crippen LogP contribution in [0.25, 0.3) is 0 Å². The molecule has 1 N–H and O–H groups in total. The Morgan fingerprint density at radius 1 is 0.811 bits per heavy atom. The molecule has 7 nitrogen and oxygen atoms in total. The monoisotopic (exact) mass is 864 g/mol. The van der Waals surface area contributed by atoms with Gasteiger partial charge < -0.3 is 21.4 Å². The number of benzene rings is 2. The van der Waals surface area contributed by atoms with E-state index in [-0.39, 0.29) is 151 Å². The summed E-state index contributed by atoms with van der Waals surface area (Å²) in [4.78, 5) is 31.7. The number of phenols is 1. The van der Waals surface area contributed by atoms with E-state index in [1.54, 1.807) is 24.3 Å². The second-order valence-corrected chi connectivity index (χ2v) is 9.24. The van der Waals surface area contributed by atoms with E-state index in [4.69, 9.17) is 19.9 Å². The van der Waals surface area contributed by atoms with Crippen molar-refractivity contribution in [2.45, 2.75) is 51.4 Å². The summed E-state index contributed by atoms with van der Waals surface area (Å²) in [5.74, 6) is 2.87. The first-order valence-electron chi connectivity index (χ1n) is 11.8. The minimum Gasteiger partial charge on any atom is -1.00 e. The maximum atomic E-state index is 10.4. The number of alkyl halides is 1. The molecule has 4 rings (SSSR count). The second-order valence-electron chi connectivity index (χ2n) is 8.35. The zero-order valence-corrected chi connectivity index (χ0v) is 36.6. The van der Waals surface area contributed by atoms with Crippen molar-refractivity contribution in [3.63, 3.8) is 0 Å². The molecular formula is C27H35Cs2IO7. The quantitative estimate of drug-likeness (QED) is 0.131. The number of halogens is 1. The first kappa shape index (κ1) is 40.8. The normalized spacial score (nSPS) is 13.9. The van der Waals surface area contributed by atoms with Gasteiger partial charge in [-0.15, -0.1) is 0 Å². The minimum absolute atomic E-state index is 0. The van der Waals surface area contributed by atoms with Crippen LogP contribution in [-0.2, 0) is 9.68 Å². The average molecular weight is 864 g/mol. The van der Waals surface area contributed by atoms with Crippen molar-refractivity contribution in [3.8, 4) is 11.5 Å². The van der Waals surface area contributed by atoms with Gasteiger partial charge in [0.05, 0.1) is 6.61 Å². The van der Waals surface area contributed by atoms with Crippen LogP contribution in [0.2, 0.25) is 0 Å². The molecule has 0 amide bonds. The van der Waals surface area contributed by atoms with E-state index in [1.807, 2.05) is 12.1 Å². The third-order valence-corrected chi connectivity index (χ3v) is 6.98. The molecule has 0 heterocycles. The van der Waals surface area contributed by atoms with Crippen molar-refractivity contribution in [2.24, 2.45) is 11.8 Å². The molecule has 2 aromatic carbocycles. The average Bonchev–Trinajstić information content (AvgIpc) is 3.64. The fourth-order valence-electron chi connectivity index (χ4n) is 3.75. The van der Waals surface area contributed by atoms with Gasteiger partial charge in [0, 0.05) is 15.6 Å². The Morgan fingerprint density at radius 2 is 1.22 bits per heavy atom. The van der Waals surface area contributed by atoms with Crippen molar-refractivity contribution in [1.29, 1.82) is 0 Å². The number of carbonyl (C=O) groups is 3. The number of aromatic hydroxyl groups is 1. The summed E-state index contributed by atoms with van der Waals surface area (Å²) in [5.41, 5.74) is 1.27. The molecule has 2 aliphatic rings. The Bertz CT molecular complexity index is 830. The molecule has 0 unspecified atom stereocenters. The Hall–Kier alpha value is 1.64. The van der Waals surface area contributed by atoms with Crippen molar-refractivity contribution in [3.05, 3.63) is 59.7 Å². The summed E-state index contributed by atoms with van der Waals surface area (Å²) < 4.78 is 7.06. The van der Waals surface area contributed by atoms with Crippen molar-refractivity contribution >= 4 is 41.6 Å². The van der Waals surface area contributed by atoms with Gasteiger partial charge in [-0.25, -0.2) is 0 Å². The Kier molecular flexibility index (Phi) is 30.6. The van der Waals surface area contributed by atoms with Gasteiger partial charge in [-0.05, 0) is 86.1 Å². The third-order valence-electron chi connectivity index (χ3n) is 5.74. The number of hydrogen-bond acceptors (Lipinski definition) is 7. The van der Waals surface area contributed by atoms with Gasteiger partial charge >= 0.3 is 138 Å². The molecular weight excluding hydrogens is 829 g/mol. The van der Waals surface area contributed by atoms with Gasteiger partial charge in [0.1, 0.15) is 24.1 Å². The summed E-state index contributed by atoms with van der Waals surface area (Å²) in [6.07, 6.45) is 12.9. The Balaban J connectivity index is -0.000000462. The molecule has 10 heteroatoms. The molecule has 0 saturated heterocycles. The number of hydrogen-bond donors (Lipinski definition) is 1. The van der Waals surface area contributed by atoms with Gasteiger partial charge in [-0.3, -0.25) is 14.4 Å². The van der Waals surface area contributed by atoms with Gasteiger partial charge in [-0.1, -0.05) is 48.3 Å². The number of aldehydes is 2. The largest absolute Gasteiger partial charge is 1.00 e. The molecule has 0 spiro atoms. The molecule has 0 radical (unpaired) electrons. The van der Waals surface area contributed by atoms with Crippen LogP contribution >= 0.6 is 22.6 Å². The summed E-state index contributed by atoms with van der Waals surface area (Å²) in [6.45, 7) is 0.639. The zero-order valence-electron chi connectivity index (χ0n) is 22.9. The van der Waals surface area contributed by atoms with E-state index < -0.39 is 0 Å². The topological polar surface area (TPSA) is 113 Å².